The number of hydrogen-bond donors (Lipinski definition) is 1. The van der Waals surface area contributed by atoms with Crippen molar-refractivity contribution in [2.45, 2.75) is 26.3 Å². The number of carbonyl (C=O) groups is 1. The highest BCUT2D eigenvalue weighted by atomic mass is 16.2. The fraction of sp³-hybridized carbons (Fsp3) is 0.263. The van der Waals surface area contributed by atoms with E-state index in [4.69, 9.17) is 0 Å². The van der Waals surface area contributed by atoms with Crippen LogP contribution in [0.3, 0.4) is 0 Å². The topological polar surface area (TPSA) is 81.8 Å². The van der Waals surface area contributed by atoms with E-state index in [1.54, 1.807) is 17.0 Å². The van der Waals surface area contributed by atoms with Gasteiger partial charge in [0.25, 0.3) is 5.56 Å². The zero-order chi connectivity index (χ0) is 18.7. The molecule has 134 valence electrons. The highest BCUT2D eigenvalue weighted by Gasteiger charge is 2.19. The monoisotopic (exact) mass is 351 g/mol. The molecule has 7 heteroatoms. The van der Waals surface area contributed by atoms with Gasteiger partial charge in [-0.1, -0.05) is 38.1 Å². The Morgan fingerprint density at radius 3 is 2.69 bits per heavy atom. The summed E-state index contributed by atoms with van der Waals surface area (Å²) < 4.78 is 2.81. The highest BCUT2D eigenvalue weighted by Crippen LogP contribution is 2.22. The lowest BCUT2D eigenvalue weighted by Crippen LogP contribution is -2.35. The minimum Gasteiger partial charge on any atom is -0.351 e. The standard InChI is InChI=1S/C19H21N5O2/c1-4-10-20-16(25)12-23-19(26)18-15(17(22-23)13(2)3)11-21-24(18)14-8-6-5-7-9-14/h4-9,11,13H,1,10,12H2,2-3H3,(H,20,25). The van der Waals surface area contributed by atoms with E-state index in [2.05, 4.69) is 22.1 Å². The molecule has 0 fully saturated rings. The summed E-state index contributed by atoms with van der Waals surface area (Å²) >= 11 is 0. The molecule has 2 heterocycles. The maximum Gasteiger partial charge on any atom is 0.293 e. The molecular weight excluding hydrogens is 330 g/mol. The fourth-order valence-corrected chi connectivity index (χ4v) is 2.77. The van der Waals surface area contributed by atoms with Gasteiger partial charge in [-0.05, 0) is 18.1 Å². The van der Waals surface area contributed by atoms with Crippen molar-refractivity contribution in [2.24, 2.45) is 0 Å². The van der Waals surface area contributed by atoms with E-state index in [1.807, 2.05) is 44.2 Å². The maximum atomic E-state index is 13.0. The van der Waals surface area contributed by atoms with Crippen LogP contribution in [0.1, 0.15) is 25.5 Å². The Hall–Kier alpha value is -3.22. The normalized spacial score (nSPS) is 11.0. The minimum atomic E-state index is -0.348. The average molecular weight is 351 g/mol. The molecule has 0 atom stereocenters. The molecule has 1 aromatic carbocycles. The summed E-state index contributed by atoms with van der Waals surface area (Å²) in [7, 11) is 0. The van der Waals surface area contributed by atoms with Gasteiger partial charge in [0.1, 0.15) is 12.1 Å². The SMILES string of the molecule is C=CCNC(=O)Cn1nc(C(C)C)c2cnn(-c3ccccc3)c2c1=O. The zero-order valence-corrected chi connectivity index (χ0v) is 14.8. The third-order valence-electron chi connectivity index (χ3n) is 4.00. The molecule has 0 aliphatic heterocycles. The molecule has 7 nitrogen and oxygen atoms in total. The second-order valence-electron chi connectivity index (χ2n) is 6.25. The highest BCUT2D eigenvalue weighted by molar-refractivity contribution is 5.82. The molecule has 0 unspecified atom stereocenters. The molecule has 0 saturated heterocycles. The van der Waals surface area contributed by atoms with Gasteiger partial charge in [-0.2, -0.15) is 10.2 Å². The van der Waals surface area contributed by atoms with Crippen LogP contribution >= 0.6 is 0 Å². The molecule has 0 spiro atoms. The van der Waals surface area contributed by atoms with Gasteiger partial charge in [0.2, 0.25) is 5.91 Å². The van der Waals surface area contributed by atoms with Gasteiger partial charge < -0.3 is 5.32 Å². The first-order valence-corrected chi connectivity index (χ1v) is 8.44. The Bertz CT molecular complexity index is 1000. The van der Waals surface area contributed by atoms with E-state index >= 15 is 0 Å². The van der Waals surface area contributed by atoms with Crippen LogP contribution in [0.15, 0.2) is 54.0 Å². The number of aromatic nitrogens is 4. The lowest BCUT2D eigenvalue weighted by Gasteiger charge is -2.12. The Kier molecular flexibility index (Phi) is 4.97. The fourth-order valence-electron chi connectivity index (χ4n) is 2.77. The average Bonchev–Trinajstić information content (AvgIpc) is 3.08. The molecule has 0 aliphatic rings. The van der Waals surface area contributed by atoms with Gasteiger partial charge in [0.15, 0.2) is 0 Å². The molecule has 0 saturated carbocycles. The number of carbonyl (C=O) groups excluding carboxylic acids is 1. The van der Waals surface area contributed by atoms with Crippen molar-refractivity contribution < 1.29 is 4.79 Å². The molecule has 3 aromatic rings. The van der Waals surface area contributed by atoms with Crippen LogP contribution in [0, 0.1) is 0 Å². The van der Waals surface area contributed by atoms with Gasteiger partial charge >= 0.3 is 0 Å². The Morgan fingerprint density at radius 2 is 2.04 bits per heavy atom. The predicted octanol–water partition coefficient (Wildman–Crippen LogP) is 2.01. The number of nitrogens with zero attached hydrogens (tertiary/aromatic N) is 4. The predicted molar refractivity (Wildman–Crippen MR) is 100 cm³/mol. The Labute approximate surface area is 150 Å². The molecule has 0 radical (unpaired) electrons. The van der Waals surface area contributed by atoms with E-state index in [-0.39, 0.29) is 23.9 Å². The summed E-state index contributed by atoms with van der Waals surface area (Å²) in [6.45, 7) is 7.74. The molecule has 0 bridgehead atoms. The van der Waals surface area contributed by atoms with Crippen LogP contribution < -0.4 is 10.9 Å². The number of hydrogen-bond acceptors (Lipinski definition) is 4. The summed E-state index contributed by atoms with van der Waals surface area (Å²) in [5.41, 5.74) is 1.59. The van der Waals surface area contributed by atoms with Gasteiger partial charge in [-0.25, -0.2) is 9.36 Å². The summed E-state index contributed by atoms with van der Waals surface area (Å²) in [6.07, 6.45) is 3.25. The molecular formula is C19H21N5O2. The first-order valence-electron chi connectivity index (χ1n) is 8.44. The van der Waals surface area contributed by atoms with Crippen molar-refractivity contribution >= 4 is 16.8 Å². The number of nitrogens with one attached hydrogen (secondary N) is 1. The summed E-state index contributed by atoms with van der Waals surface area (Å²) in [6, 6.07) is 9.42. The maximum absolute atomic E-state index is 13.0. The van der Waals surface area contributed by atoms with Crippen LogP contribution in [-0.2, 0) is 11.3 Å². The smallest absolute Gasteiger partial charge is 0.293 e. The van der Waals surface area contributed by atoms with E-state index in [9.17, 15) is 9.59 Å². The molecule has 3 rings (SSSR count). The molecule has 26 heavy (non-hydrogen) atoms. The molecule has 1 N–H and O–H groups in total. The minimum absolute atomic E-state index is 0.0778. The number of rotatable bonds is 6. The van der Waals surface area contributed by atoms with Gasteiger partial charge in [0, 0.05) is 11.9 Å². The lowest BCUT2D eigenvalue weighted by atomic mass is 10.1. The zero-order valence-electron chi connectivity index (χ0n) is 14.8. The number of benzene rings is 1. The number of para-hydroxylation sites is 1. The number of fused-ring (bicyclic) bond motifs is 1. The van der Waals surface area contributed by atoms with Crippen molar-refractivity contribution in [3.8, 4) is 5.69 Å². The molecule has 1 amide bonds. The van der Waals surface area contributed by atoms with Crippen LogP contribution in [0.5, 0.6) is 0 Å². The summed E-state index contributed by atoms with van der Waals surface area (Å²) in [5.74, 6) is -0.214. The number of amides is 1. The van der Waals surface area contributed by atoms with Crippen LogP contribution in [-0.4, -0.2) is 32.0 Å². The van der Waals surface area contributed by atoms with E-state index in [0.29, 0.717) is 17.4 Å². The quantitative estimate of drug-likeness (QED) is 0.689. The van der Waals surface area contributed by atoms with Gasteiger partial charge in [-0.15, -0.1) is 6.58 Å². The largest absolute Gasteiger partial charge is 0.351 e. The van der Waals surface area contributed by atoms with E-state index < -0.39 is 0 Å². The van der Waals surface area contributed by atoms with Crippen molar-refractivity contribution in [2.75, 3.05) is 6.54 Å². The molecule has 0 aliphatic carbocycles. The second kappa shape index (κ2) is 7.35. The van der Waals surface area contributed by atoms with Crippen molar-refractivity contribution in [3.05, 3.63) is 65.2 Å². The Morgan fingerprint density at radius 1 is 1.31 bits per heavy atom. The van der Waals surface area contributed by atoms with Crippen LogP contribution in [0.25, 0.3) is 16.6 Å². The third-order valence-corrected chi connectivity index (χ3v) is 4.00. The van der Waals surface area contributed by atoms with Crippen molar-refractivity contribution in [1.29, 1.82) is 0 Å². The molecule has 2 aromatic heterocycles. The first-order chi connectivity index (χ1) is 12.5. The van der Waals surface area contributed by atoms with Crippen LogP contribution in [0.4, 0.5) is 0 Å². The first kappa shape index (κ1) is 17.6. The van der Waals surface area contributed by atoms with Crippen molar-refractivity contribution in [3.63, 3.8) is 0 Å². The van der Waals surface area contributed by atoms with E-state index in [1.165, 1.54) is 4.68 Å². The van der Waals surface area contributed by atoms with Crippen LogP contribution in [0.2, 0.25) is 0 Å². The second-order valence-corrected chi connectivity index (χ2v) is 6.25. The van der Waals surface area contributed by atoms with Crippen molar-refractivity contribution in [1.82, 2.24) is 24.9 Å². The Balaban J connectivity index is 2.18. The van der Waals surface area contributed by atoms with Gasteiger partial charge in [-0.3, -0.25) is 9.59 Å². The van der Waals surface area contributed by atoms with Gasteiger partial charge in [0.05, 0.1) is 17.6 Å². The summed E-state index contributed by atoms with van der Waals surface area (Å²) in [5, 5.41) is 12.2. The van der Waals surface area contributed by atoms with E-state index in [0.717, 1.165) is 11.4 Å². The third kappa shape index (κ3) is 3.28. The summed E-state index contributed by atoms with van der Waals surface area (Å²) in [4.78, 5) is 25.1. The lowest BCUT2D eigenvalue weighted by molar-refractivity contribution is -0.121.